The van der Waals surface area contributed by atoms with Gasteiger partial charge in [0.25, 0.3) is 11.8 Å². The van der Waals surface area contributed by atoms with E-state index in [1.165, 1.54) is 18.3 Å². The highest BCUT2D eigenvalue weighted by Gasteiger charge is 2.39. The molecule has 2 amide bonds. The number of imidazole rings is 1. The first kappa shape index (κ1) is 13.7. The number of fused-ring (bicyclic) bond motifs is 2. The van der Waals surface area contributed by atoms with Crippen molar-refractivity contribution in [2.75, 3.05) is 0 Å². The number of hydroxylamine groups is 2. The van der Waals surface area contributed by atoms with Crippen molar-refractivity contribution in [3.8, 4) is 0 Å². The van der Waals surface area contributed by atoms with Crippen LogP contribution in [0.5, 0.6) is 0 Å². The van der Waals surface area contributed by atoms with Gasteiger partial charge in [0.2, 0.25) is 0 Å². The van der Waals surface area contributed by atoms with E-state index in [2.05, 4.69) is 4.98 Å². The molecule has 0 atom stereocenters. The highest BCUT2D eigenvalue weighted by Crippen LogP contribution is 2.24. The number of nitrogens with zero attached hydrogens (tertiary/aromatic N) is 3. The minimum atomic E-state index is -0.750. The molecule has 23 heavy (non-hydrogen) atoms. The fraction of sp³-hybridized carbons (Fsp3) is 0.250. The van der Waals surface area contributed by atoms with E-state index in [0.717, 1.165) is 25.1 Å². The van der Waals surface area contributed by atoms with Crippen molar-refractivity contribution in [1.82, 2.24) is 14.6 Å². The Bertz CT molecular complexity index is 805. The molecule has 1 aromatic heterocycles. The fourth-order valence-corrected chi connectivity index (χ4v) is 2.96. The van der Waals surface area contributed by atoms with E-state index >= 15 is 0 Å². The summed E-state index contributed by atoms with van der Waals surface area (Å²) in [4.78, 5) is 46.0. The molecule has 1 aromatic carbocycles. The van der Waals surface area contributed by atoms with Crippen LogP contribution in [0.1, 0.15) is 49.9 Å². The lowest BCUT2D eigenvalue weighted by Gasteiger charge is -2.17. The summed E-state index contributed by atoms with van der Waals surface area (Å²) in [6, 6.07) is 6.37. The second-order valence-corrected chi connectivity index (χ2v) is 5.50. The Kier molecular flexibility index (Phi) is 3.00. The first-order valence-corrected chi connectivity index (χ1v) is 7.41. The highest BCUT2D eigenvalue weighted by molar-refractivity contribution is 6.21. The second-order valence-electron chi connectivity index (χ2n) is 5.50. The number of hydrogen-bond donors (Lipinski definition) is 0. The summed E-state index contributed by atoms with van der Waals surface area (Å²) in [5, 5.41) is 0.524. The third-order valence-corrected chi connectivity index (χ3v) is 4.11. The number of carbonyl (C=O) groups is 3. The average Bonchev–Trinajstić information content (AvgIpc) is 3.11. The second kappa shape index (κ2) is 5.05. The summed E-state index contributed by atoms with van der Waals surface area (Å²) in [7, 11) is 0. The average molecular weight is 311 g/mol. The Labute approximate surface area is 131 Å². The number of benzene rings is 1. The van der Waals surface area contributed by atoms with Crippen LogP contribution in [-0.4, -0.2) is 32.4 Å². The molecule has 0 saturated heterocycles. The molecule has 7 nitrogen and oxygen atoms in total. The fourth-order valence-electron chi connectivity index (χ4n) is 2.96. The van der Waals surface area contributed by atoms with Gasteiger partial charge in [-0.05, 0) is 25.0 Å². The van der Waals surface area contributed by atoms with E-state index in [1.807, 2.05) is 0 Å². The Morgan fingerprint density at radius 1 is 1.09 bits per heavy atom. The van der Waals surface area contributed by atoms with Crippen molar-refractivity contribution in [3.63, 3.8) is 0 Å². The Morgan fingerprint density at radius 3 is 2.48 bits per heavy atom. The Morgan fingerprint density at radius 2 is 1.78 bits per heavy atom. The smallest absolute Gasteiger partial charge is 0.323 e. The molecular weight excluding hydrogens is 298 g/mol. The normalized spacial score (nSPS) is 16.3. The monoisotopic (exact) mass is 311 g/mol. The van der Waals surface area contributed by atoms with Gasteiger partial charge in [-0.1, -0.05) is 17.2 Å². The van der Waals surface area contributed by atoms with Crippen molar-refractivity contribution >= 4 is 17.8 Å². The minimum Gasteiger partial charge on any atom is -0.323 e. The quantitative estimate of drug-likeness (QED) is 0.787. The molecule has 2 aliphatic rings. The van der Waals surface area contributed by atoms with Crippen molar-refractivity contribution in [1.29, 1.82) is 0 Å². The molecule has 116 valence electrons. The van der Waals surface area contributed by atoms with Crippen LogP contribution in [0.25, 0.3) is 0 Å². The first-order chi connectivity index (χ1) is 11.2. The molecule has 2 aliphatic heterocycles. The Balaban J connectivity index is 1.60. The van der Waals surface area contributed by atoms with E-state index in [9.17, 15) is 14.4 Å². The molecule has 0 aliphatic carbocycles. The summed E-state index contributed by atoms with van der Waals surface area (Å²) in [6.07, 6.45) is 4.22. The SMILES string of the molecule is O=C(ON1C(=O)c2ccccc2C1=O)c1cnc2n1CCCC2. The number of aromatic nitrogens is 2. The largest absolute Gasteiger partial charge is 0.381 e. The van der Waals surface area contributed by atoms with Gasteiger partial charge in [0.1, 0.15) is 11.5 Å². The predicted molar refractivity (Wildman–Crippen MR) is 77.5 cm³/mol. The number of amides is 2. The van der Waals surface area contributed by atoms with Gasteiger partial charge in [-0.3, -0.25) is 9.59 Å². The van der Waals surface area contributed by atoms with E-state index in [1.54, 1.807) is 16.7 Å². The Hall–Kier alpha value is -2.96. The summed E-state index contributed by atoms with van der Waals surface area (Å²) in [6.45, 7) is 0.682. The summed E-state index contributed by atoms with van der Waals surface area (Å²) < 4.78 is 1.78. The van der Waals surface area contributed by atoms with E-state index in [4.69, 9.17) is 4.84 Å². The van der Waals surface area contributed by atoms with Crippen LogP contribution in [0.4, 0.5) is 0 Å². The van der Waals surface area contributed by atoms with E-state index in [-0.39, 0.29) is 16.8 Å². The van der Waals surface area contributed by atoms with Gasteiger partial charge < -0.3 is 9.40 Å². The van der Waals surface area contributed by atoms with Gasteiger partial charge >= 0.3 is 5.97 Å². The molecule has 0 bridgehead atoms. The molecule has 4 rings (SSSR count). The van der Waals surface area contributed by atoms with E-state index in [0.29, 0.717) is 11.6 Å². The molecule has 0 unspecified atom stereocenters. The topological polar surface area (TPSA) is 81.5 Å². The van der Waals surface area contributed by atoms with Crippen LogP contribution >= 0.6 is 0 Å². The van der Waals surface area contributed by atoms with Gasteiger partial charge in [-0.25, -0.2) is 9.78 Å². The summed E-state index contributed by atoms with van der Waals surface area (Å²) in [5.74, 6) is -1.18. The number of rotatable bonds is 2. The van der Waals surface area contributed by atoms with Crippen LogP contribution < -0.4 is 0 Å². The summed E-state index contributed by atoms with van der Waals surface area (Å²) >= 11 is 0. The predicted octanol–water partition coefficient (Wildman–Crippen LogP) is 1.59. The molecule has 0 fully saturated rings. The first-order valence-electron chi connectivity index (χ1n) is 7.41. The van der Waals surface area contributed by atoms with Crippen molar-refractivity contribution in [2.45, 2.75) is 25.8 Å². The number of hydrogen-bond acceptors (Lipinski definition) is 5. The van der Waals surface area contributed by atoms with E-state index < -0.39 is 17.8 Å². The van der Waals surface area contributed by atoms with Gasteiger partial charge in [-0.2, -0.15) is 0 Å². The minimum absolute atomic E-state index is 0.237. The van der Waals surface area contributed by atoms with Gasteiger partial charge in [0, 0.05) is 13.0 Å². The maximum Gasteiger partial charge on any atom is 0.381 e. The zero-order chi connectivity index (χ0) is 16.0. The lowest BCUT2D eigenvalue weighted by molar-refractivity contribution is -0.0591. The third-order valence-electron chi connectivity index (χ3n) is 4.11. The third kappa shape index (κ3) is 2.04. The van der Waals surface area contributed by atoms with Crippen molar-refractivity contribution in [2.24, 2.45) is 0 Å². The zero-order valence-electron chi connectivity index (χ0n) is 12.2. The highest BCUT2D eigenvalue weighted by atomic mass is 16.7. The molecule has 0 N–H and O–H groups in total. The zero-order valence-corrected chi connectivity index (χ0v) is 12.2. The standard InChI is InChI=1S/C16H13N3O4/c20-14-10-5-1-2-6-11(10)15(21)19(14)23-16(22)12-9-17-13-7-3-4-8-18(12)13/h1-2,5-6,9H,3-4,7-8H2. The van der Waals surface area contributed by atoms with Crippen LogP contribution in [0, 0.1) is 0 Å². The number of carbonyl (C=O) groups excluding carboxylic acids is 3. The van der Waals surface area contributed by atoms with Crippen molar-refractivity contribution < 1.29 is 19.2 Å². The lowest BCUT2D eigenvalue weighted by atomic mass is 10.1. The van der Waals surface area contributed by atoms with Gasteiger partial charge in [0.05, 0.1) is 17.3 Å². The number of imide groups is 1. The lowest BCUT2D eigenvalue weighted by Crippen LogP contribution is -2.33. The molecular formula is C16H13N3O4. The molecule has 0 spiro atoms. The maximum atomic E-state index is 12.3. The molecule has 2 aromatic rings. The van der Waals surface area contributed by atoms with Crippen LogP contribution in [0.3, 0.4) is 0 Å². The summed E-state index contributed by atoms with van der Waals surface area (Å²) in [5.41, 5.74) is 0.734. The molecule has 0 saturated carbocycles. The molecule has 0 radical (unpaired) electrons. The number of aryl methyl sites for hydroxylation is 1. The van der Waals surface area contributed by atoms with Crippen molar-refractivity contribution in [3.05, 3.63) is 53.1 Å². The van der Waals surface area contributed by atoms with Gasteiger partial charge in [0.15, 0.2) is 0 Å². The molecule has 3 heterocycles. The molecule has 7 heteroatoms. The van der Waals surface area contributed by atoms with Crippen LogP contribution in [0.2, 0.25) is 0 Å². The van der Waals surface area contributed by atoms with Gasteiger partial charge in [-0.15, -0.1) is 0 Å². The van der Waals surface area contributed by atoms with Crippen LogP contribution in [-0.2, 0) is 17.8 Å². The van der Waals surface area contributed by atoms with Crippen LogP contribution in [0.15, 0.2) is 30.5 Å². The maximum absolute atomic E-state index is 12.3.